The van der Waals surface area contributed by atoms with Gasteiger partial charge in [0.15, 0.2) is 0 Å². The van der Waals surface area contributed by atoms with Crippen molar-refractivity contribution in [3.63, 3.8) is 0 Å². The number of rotatable bonds is 3. The van der Waals surface area contributed by atoms with Gasteiger partial charge >= 0.3 is 0 Å². The fraction of sp³-hybridized carbons (Fsp3) is 0.600. The van der Waals surface area contributed by atoms with Crippen LogP contribution in [0, 0.1) is 5.41 Å². The Labute approximate surface area is 139 Å². The van der Waals surface area contributed by atoms with Crippen LogP contribution in [0.2, 0.25) is 0 Å². The summed E-state index contributed by atoms with van der Waals surface area (Å²) in [5.74, 6) is -0.0869. The molecule has 120 valence electrons. The van der Waals surface area contributed by atoms with Crippen LogP contribution in [-0.2, 0) is 4.79 Å². The summed E-state index contributed by atoms with van der Waals surface area (Å²) >= 11 is 12.1. The molecule has 2 fully saturated rings. The molecule has 2 amide bonds. The van der Waals surface area contributed by atoms with E-state index in [0.29, 0.717) is 25.2 Å². The zero-order valence-electron chi connectivity index (χ0n) is 12.4. The minimum absolute atomic E-state index is 0.0200. The maximum atomic E-state index is 12.5. The Kier molecular flexibility index (Phi) is 3.89. The van der Waals surface area contributed by atoms with Gasteiger partial charge in [0.05, 0.1) is 5.41 Å². The molecule has 7 heteroatoms. The average molecular weight is 344 g/mol. The molecule has 1 aromatic heterocycles. The first-order valence-corrected chi connectivity index (χ1v) is 8.20. The third kappa shape index (κ3) is 2.72. The summed E-state index contributed by atoms with van der Waals surface area (Å²) in [5.41, 5.74) is -0.103. The lowest BCUT2D eigenvalue weighted by Crippen LogP contribution is -2.48. The van der Waals surface area contributed by atoms with Crippen molar-refractivity contribution in [2.75, 3.05) is 13.1 Å². The largest absolute Gasteiger partial charge is 0.357 e. The van der Waals surface area contributed by atoms with E-state index in [1.54, 1.807) is 18.3 Å². The topological polar surface area (TPSA) is 65.2 Å². The van der Waals surface area contributed by atoms with Crippen LogP contribution in [0.3, 0.4) is 0 Å². The molecule has 1 saturated carbocycles. The van der Waals surface area contributed by atoms with Crippen molar-refractivity contribution in [3.05, 3.63) is 24.0 Å². The predicted octanol–water partition coefficient (Wildman–Crippen LogP) is 2.32. The van der Waals surface area contributed by atoms with Gasteiger partial charge in [-0.2, -0.15) is 0 Å². The molecule has 1 atom stereocenters. The van der Waals surface area contributed by atoms with Gasteiger partial charge in [0.25, 0.3) is 5.91 Å². The first-order chi connectivity index (χ1) is 10.3. The van der Waals surface area contributed by atoms with Crippen molar-refractivity contribution in [3.8, 4) is 0 Å². The molecule has 1 aliphatic heterocycles. The van der Waals surface area contributed by atoms with Crippen molar-refractivity contribution in [1.82, 2.24) is 15.2 Å². The van der Waals surface area contributed by atoms with Gasteiger partial charge in [-0.15, -0.1) is 23.2 Å². The molecule has 2 aliphatic rings. The van der Waals surface area contributed by atoms with E-state index in [1.165, 1.54) is 0 Å². The lowest BCUT2D eigenvalue weighted by Gasteiger charge is -2.34. The lowest BCUT2D eigenvalue weighted by atomic mass is 10.0. The van der Waals surface area contributed by atoms with E-state index < -0.39 is 9.75 Å². The highest BCUT2D eigenvalue weighted by atomic mass is 35.5. The third-order valence-corrected chi connectivity index (χ3v) is 5.79. The van der Waals surface area contributed by atoms with Gasteiger partial charge in [-0.3, -0.25) is 9.59 Å². The zero-order chi connectivity index (χ0) is 16.0. The molecule has 2 heterocycles. The Bertz CT molecular complexity index is 580. The number of hydrogen-bond donors (Lipinski definition) is 2. The number of nitrogens with one attached hydrogen (secondary N) is 2. The molecule has 0 aromatic carbocycles. The van der Waals surface area contributed by atoms with E-state index in [-0.39, 0.29) is 17.9 Å². The standard InChI is InChI=1S/C15H19Cl2N3O2/c1-14(9-15(14,16)17)13(22)20-7-4-10(5-8-20)19-12(21)11-3-2-6-18-11/h2-3,6,10,18H,4-5,7-9H2,1H3,(H,19,21)/t14-/m1/s1. The number of H-pyrrole nitrogens is 1. The zero-order valence-corrected chi connectivity index (χ0v) is 13.9. The molecule has 3 rings (SSSR count). The number of aromatic nitrogens is 1. The molecular formula is C15H19Cl2N3O2. The second-order valence-corrected chi connectivity index (χ2v) is 7.82. The highest BCUT2D eigenvalue weighted by Crippen LogP contribution is 2.64. The number of amides is 2. The number of halogens is 2. The number of carbonyl (C=O) groups is 2. The van der Waals surface area contributed by atoms with Crippen LogP contribution in [0.25, 0.3) is 0 Å². The number of carbonyl (C=O) groups excluding carboxylic acids is 2. The summed E-state index contributed by atoms with van der Waals surface area (Å²) in [6.45, 7) is 3.05. The quantitative estimate of drug-likeness (QED) is 0.827. The monoisotopic (exact) mass is 343 g/mol. The van der Waals surface area contributed by atoms with Gasteiger partial charge in [0.2, 0.25) is 5.91 Å². The highest BCUT2D eigenvalue weighted by molar-refractivity contribution is 6.53. The summed E-state index contributed by atoms with van der Waals surface area (Å²) in [4.78, 5) is 29.2. The van der Waals surface area contributed by atoms with Crippen LogP contribution >= 0.6 is 23.2 Å². The molecule has 0 unspecified atom stereocenters. The van der Waals surface area contributed by atoms with E-state index in [0.717, 1.165) is 12.8 Å². The van der Waals surface area contributed by atoms with Crippen LogP contribution in [0.5, 0.6) is 0 Å². The van der Waals surface area contributed by atoms with Crippen molar-refractivity contribution in [1.29, 1.82) is 0 Å². The Morgan fingerprint density at radius 2 is 2.00 bits per heavy atom. The van der Waals surface area contributed by atoms with Crippen LogP contribution < -0.4 is 5.32 Å². The maximum Gasteiger partial charge on any atom is 0.267 e. The normalized spacial score (nSPS) is 27.5. The number of aromatic amines is 1. The van der Waals surface area contributed by atoms with Crippen LogP contribution in [0.4, 0.5) is 0 Å². The number of alkyl halides is 2. The SMILES string of the molecule is C[C@]1(C(=O)N2CCC(NC(=O)c3ccc[nH]3)CC2)CC1(Cl)Cl. The minimum atomic E-state index is -0.928. The van der Waals surface area contributed by atoms with Gasteiger partial charge in [0.1, 0.15) is 10.0 Å². The first-order valence-electron chi connectivity index (χ1n) is 7.45. The minimum Gasteiger partial charge on any atom is -0.357 e. The molecule has 2 N–H and O–H groups in total. The summed E-state index contributed by atoms with van der Waals surface area (Å²) in [5, 5.41) is 2.99. The van der Waals surface area contributed by atoms with Crippen molar-refractivity contribution in [2.24, 2.45) is 5.41 Å². The van der Waals surface area contributed by atoms with Gasteiger partial charge < -0.3 is 15.2 Å². The Hall–Kier alpha value is -1.20. The number of piperidine rings is 1. The third-order valence-electron chi connectivity index (χ3n) is 4.69. The van der Waals surface area contributed by atoms with Crippen LogP contribution in [0.1, 0.15) is 36.7 Å². The first kappa shape index (κ1) is 15.7. The van der Waals surface area contributed by atoms with Crippen molar-refractivity contribution in [2.45, 2.75) is 36.6 Å². The van der Waals surface area contributed by atoms with Crippen molar-refractivity contribution >= 4 is 35.0 Å². The summed E-state index contributed by atoms with van der Waals surface area (Å²) in [6.07, 6.45) is 3.71. The fourth-order valence-electron chi connectivity index (χ4n) is 2.94. The predicted molar refractivity (Wildman–Crippen MR) is 85.0 cm³/mol. The number of likely N-dealkylation sites (tertiary alicyclic amines) is 1. The molecular weight excluding hydrogens is 325 g/mol. The molecule has 0 radical (unpaired) electrons. The fourth-order valence-corrected chi connectivity index (χ4v) is 3.64. The Balaban J connectivity index is 1.51. The summed E-state index contributed by atoms with van der Waals surface area (Å²) in [7, 11) is 0. The lowest BCUT2D eigenvalue weighted by molar-refractivity contribution is -0.137. The number of hydrogen-bond acceptors (Lipinski definition) is 2. The van der Waals surface area contributed by atoms with Crippen molar-refractivity contribution < 1.29 is 9.59 Å². The van der Waals surface area contributed by atoms with E-state index >= 15 is 0 Å². The second-order valence-electron chi connectivity index (χ2n) is 6.34. The van der Waals surface area contributed by atoms with Gasteiger partial charge in [0, 0.05) is 25.3 Å². The van der Waals surface area contributed by atoms with Crippen LogP contribution in [-0.4, -0.2) is 45.2 Å². The van der Waals surface area contributed by atoms with E-state index in [2.05, 4.69) is 10.3 Å². The Morgan fingerprint density at radius 3 is 2.50 bits per heavy atom. The number of nitrogens with zero attached hydrogens (tertiary/aromatic N) is 1. The Morgan fingerprint density at radius 1 is 1.36 bits per heavy atom. The van der Waals surface area contributed by atoms with Crippen LogP contribution in [0.15, 0.2) is 18.3 Å². The van der Waals surface area contributed by atoms with E-state index in [9.17, 15) is 9.59 Å². The summed E-state index contributed by atoms with van der Waals surface area (Å²) in [6, 6.07) is 3.61. The van der Waals surface area contributed by atoms with Gasteiger partial charge in [-0.1, -0.05) is 0 Å². The molecule has 0 spiro atoms. The smallest absolute Gasteiger partial charge is 0.267 e. The molecule has 1 saturated heterocycles. The van der Waals surface area contributed by atoms with E-state index in [1.807, 2.05) is 11.8 Å². The molecule has 22 heavy (non-hydrogen) atoms. The molecule has 1 aromatic rings. The molecule has 5 nitrogen and oxygen atoms in total. The van der Waals surface area contributed by atoms with E-state index in [4.69, 9.17) is 23.2 Å². The molecule has 1 aliphatic carbocycles. The highest BCUT2D eigenvalue weighted by Gasteiger charge is 2.68. The van der Waals surface area contributed by atoms with Gasteiger partial charge in [-0.05, 0) is 38.3 Å². The second kappa shape index (κ2) is 5.46. The van der Waals surface area contributed by atoms with Gasteiger partial charge in [-0.25, -0.2) is 0 Å². The summed E-state index contributed by atoms with van der Waals surface area (Å²) < 4.78 is -0.928. The molecule has 0 bridgehead atoms. The average Bonchev–Trinajstić information content (AvgIpc) is 2.88. The maximum absolute atomic E-state index is 12.5.